The number of hydrogen-bond donors (Lipinski definition) is 2. The summed E-state index contributed by atoms with van der Waals surface area (Å²) in [6, 6.07) is 10.2. The van der Waals surface area contributed by atoms with Crippen LogP contribution in [0.25, 0.3) is 0 Å². The molecular weight excluding hydrogens is 266 g/mol. The third-order valence-corrected chi connectivity index (χ3v) is 4.10. The maximum Gasteiger partial charge on any atom is 0.317 e. The summed E-state index contributed by atoms with van der Waals surface area (Å²) >= 11 is 0. The van der Waals surface area contributed by atoms with Crippen LogP contribution in [-0.4, -0.2) is 60.8 Å². The molecule has 116 valence electrons. The third-order valence-electron chi connectivity index (χ3n) is 4.10. The van der Waals surface area contributed by atoms with Crippen LogP contribution >= 0.6 is 0 Å². The van der Waals surface area contributed by atoms with Gasteiger partial charge < -0.3 is 20.2 Å². The van der Waals surface area contributed by atoms with E-state index in [0.29, 0.717) is 6.54 Å². The van der Waals surface area contributed by atoms with Crippen LogP contribution in [0.1, 0.15) is 24.4 Å². The maximum absolute atomic E-state index is 12.3. The van der Waals surface area contributed by atoms with E-state index >= 15 is 0 Å². The molecule has 2 amide bonds. The molecule has 1 saturated heterocycles. The molecule has 21 heavy (non-hydrogen) atoms. The van der Waals surface area contributed by atoms with E-state index in [1.54, 1.807) is 4.90 Å². The number of carbonyl (C=O) groups is 1. The van der Waals surface area contributed by atoms with Crippen LogP contribution in [0.4, 0.5) is 4.79 Å². The second kappa shape index (κ2) is 7.43. The molecule has 1 aromatic carbocycles. The molecule has 0 spiro atoms. The van der Waals surface area contributed by atoms with Crippen molar-refractivity contribution in [3.63, 3.8) is 0 Å². The number of nitrogens with zero attached hydrogens (tertiary/aromatic N) is 2. The van der Waals surface area contributed by atoms with Crippen molar-refractivity contribution >= 4 is 6.03 Å². The van der Waals surface area contributed by atoms with E-state index in [4.69, 9.17) is 0 Å². The Bertz CT molecular complexity index is 450. The van der Waals surface area contributed by atoms with Crippen molar-refractivity contribution in [2.75, 3.05) is 33.8 Å². The van der Waals surface area contributed by atoms with Crippen LogP contribution in [0, 0.1) is 0 Å². The molecular formula is C16H25N3O2. The quantitative estimate of drug-likeness (QED) is 0.863. The number of rotatable bonds is 5. The zero-order valence-corrected chi connectivity index (χ0v) is 12.8. The minimum atomic E-state index is -0.0747. The zero-order valence-electron chi connectivity index (χ0n) is 12.8. The summed E-state index contributed by atoms with van der Waals surface area (Å²) < 4.78 is 0. The number of aliphatic hydroxyl groups excluding tert-OH is 1. The first kappa shape index (κ1) is 15.8. The van der Waals surface area contributed by atoms with Gasteiger partial charge >= 0.3 is 6.03 Å². The minimum absolute atomic E-state index is 0.0282. The summed E-state index contributed by atoms with van der Waals surface area (Å²) in [4.78, 5) is 16.1. The lowest BCUT2D eigenvalue weighted by atomic mass is 10.1. The first-order chi connectivity index (χ1) is 10.1. The fourth-order valence-electron chi connectivity index (χ4n) is 2.85. The van der Waals surface area contributed by atoms with Gasteiger partial charge in [-0.25, -0.2) is 4.79 Å². The number of likely N-dealkylation sites (tertiary alicyclic amines) is 1. The van der Waals surface area contributed by atoms with Crippen LogP contribution in [0.3, 0.4) is 0 Å². The molecule has 5 nitrogen and oxygen atoms in total. The molecule has 0 bridgehead atoms. The molecule has 1 heterocycles. The Labute approximate surface area is 126 Å². The molecule has 1 aromatic rings. The molecule has 2 atom stereocenters. The molecule has 1 aliphatic rings. The number of hydrogen-bond acceptors (Lipinski definition) is 3. The highest BCUT2D eigenvalue weighted by Gasteiger charge is 2.28. The minimum Gasteiger partial charge on any atom is -0.394 e. The van der Waals surface area contributed by atoms with Crippen LogP contribution < -0.4 is 5.32 Å². The molecule has 1 fully saturated rings. The van der Waals surface area contributed by atoms with E-state index in [-0.39, 0.29) is 24.7 Å². The Morgan fingerprint density at radius 2 is 2.14 bits per heavy atom. The van der Waals surface area contributed by atoms with Gasteiger partial charge in [-0.3, -0.25) is 0 Å². The summed E-state index contributed by atoms with van der Waals surface area (Å²) in [5.41, 5.74) is 1.18. The Hall–Kier alpha value is -1.59. The van der Waals surface area contributed by atoms with E-state index < -0.39 is 0 Å². The number of likely N-dealkylation sites (N-methyl/N-ethyl adjacent to an activating group) is 1. The lowest BCUT2D eigenvalue weighted by Gasteiger charge is -2.28. The number of aliphatic hydroxyl groups is 1. The van der Waals surface area contributed by atoms with Gasteiger partial charge in [-0.1, -0.05) is 30.3 Å². The Balaban J connectivity index is 1.95. The first-order valence-electron chi connectivity index (χ1n) is 7.50. The van der Waals surface area contributed by atoms with Gasteiger partial charge in [0, 0.05) is 13.1 Å². The van der Waals surface area contributed by atoms with Gasteiger partial charge in [0.2, 0.25) is 0 Å². The summed E-state index contributed by atoms with van der Waals surface area (Å²) in [5, 5.41) is 12.3. The third kappa shape index (κ3) is 3.95. The van der Waals surface area contributed by atoms with Crippen LogP contribution in [0.5, 0.6) is 0 Å². The highest BCUT2D eigenvalue weighted by molar-refractivity contribution is 5.74. The van der Waals surface area contributed by atoms with E-state index in [2.05, 4.69) is 22.3 Å². The number of amides is 2. The fourth-order valence-corrected chi connectivity index (χ4v) is 2.85. The molecule has 0 radical (unpaired) electrons. The molecule has 0 aliphatic carbocycles. The monoisotopic (exact) mass is 291 g/mol. The van der Waals surface area contributed by atoms with Crippen molar-refractivity contribution in [2.24, 2.45) is 0 Å². The summed E-state index contributed by atoms with van der Waals surface area (Å²) in [6.45, 7) is 1.34. The highest BCUT2D eigenvalue weighted by atomic mass is 16.3. The zero-order chi connectivity index (χ0) is 15.2. The Morgan fingerprint density at radius 3 is 2.76 bits per heavy atom. The smallest absolute Gasteiger partial charge is 0.317 e. The number of carbonyl (C=O) groups excluding carboxylic acids is 1. The number of nitrogens with one attached hydrogen (secondary N) is 1. The van der Waals surface area contributed by atoms with Crippen LogP contribution in [-0.2, 0) is 0 Å². The fraction of sp³-hybridized carbons (Fsp3) is 0.562. The molecule has 2 rings (SSSR count). The first-order valence-corrected chi connectivity index (χ1v) is 7.50. The average molecular weight is 291 g/mol. The van der Waals surface area contributed by atoms with Gasteiger partial charge in [-0.15, -0.1) is 0 Å². The molecule has 2 unspecified atom stereocenters. The predicted octanol–water partition coefficient (Wildman–Crippen LogP) is 1.46. The second-order valence-electron chi connectivity index (χ2n) is 5.75. The topological polar surface area (TPSA) is 55.8 Å². The van der Waals surface area contributed by atoms with Gasteiger partial charge in [0.15, 0.2) is 0 Å². The van der Waals surface area contributed by atoms with E-state index in [0.717, 1.165) is 19.4 Å². The lowest BCUT2D eigenvalue weighted by molar-refractivity contribution is 0.154. The van der Waals surface area contributed by atoms with Gasteiger partial charge in [-0.2, -0.15) is 0 Å². The van der Waals surface area contributed by atoms with Crippen molar-refractivity contribution in [1.82, 2.24) is 15.1 Å². The molecule has 5 heteroatoms. The molecule has 0 aromatic heterocycles. The van der Waals surface area contributed by atoms with Crippen molar-refractivity contribution in [3.05, 3.63) is 35.9 Å². The number of urea groups is 1. The van der Waals surface area contributed by atoms with Gasteiger partial charge in [0.05, 0.1) is 18.7 Å². The van der Waals surface area contributed by atoms with Crippen molar-refractivity contribution in [2.45, 2.75) is 24.9 Å². The predicted molar refractivity (Wildman–Crippen MR) is 83.1 cm³/mol. The number of benzene rings is 1. The van der Waals surface area contributed by atoms with E-state index in [1.165, 1.54) is 5.56 Å². The Kier molecular flexibility index (Phi) is 5.59. The van der Waals surface area contributed by atoms with E-state index in [9.17, 15) is 9.90 Å². The molecule has 0 saturated carbocycles. The van der Waals surface area contributed by atoms with Crippen LogP contribution in [0.2, 0.25) is 0 Å². The molecule has 2 N–H and O–H groups in total. The standard InChI is InChI=1S/C16H25N3O2/c1-18(2)15(13-7-4-3-5-8-13)11-17-16(21)19-10-6-9-14(19)12-20/h3-5,7-8,14-15,20H,6,9-12H2,1-2H3,(H,17,21). The lowest BCUT2D eigenvalue weighted by Crippen LogP contribution is -2.46. The van der Waals surface area contributed by atoms with Crippen LogP contribution in [0.15, 0.2) is 30.3 Å². The van der Waals surface area contributed by atoms with Gasteiger partial charge in [0.25, 0.3) is 0 Å². The summed E-state index contributed by atoms with van der Waals surface area (Å²) in [7, 11) is 4.02. The summed E-state index contributed by atoms with van der Waals surface area (Å²) in [6.07, 6.45) is 1.86. The normalized spacial score (nSPS) is 19.8. The average Bonchev–Trinajstić information content (AvgIpc) is 2.96. The van der Waals surface area contributed by atoms with Gasteiger partial charge in [-0.05, 0) is 32.5 Å². The maximum atomic E-state index is 12.3. The summed E-state index contributed by atoms with van der Waals surface area (Å²) in [5.74, 6) is 0. The second-order valence-corrected chi connectivity index (χ2v) is 5.75. The largest absolute Gasteiger partial charge is 0.394 e. The van der Waals surface area contributed by atoms with Crippen molar-refractivity contribution < 1.29 is 9.90 Å². The van der Waals surface area contributed by atoms with Crippen molar-refractivity contribution in [1.29, 1.82) is 0 Å². The van der Waals surface area contributed by atoms with Crippen molar-refractivity contribution in [3.8, 4) is 0 Å². The van der Waals surface area contributed by atoms with Gasteiger partial charge in [0.1, 0.15) is 0 Å². The van der Waals surface area contributed by atoms with E-state index in [1.807, 2.05) is 32.3 Å². The highest BCUT2D eigenvalue weighted by Crippen LogP contribution is 2.19. The SMILES string of the molecule is CN(C)C(CNC(=O)N1CCCC1CO)c1ccccc1. The molecule has 1 aliphatic heterocycles. The Morgan fingerprint density at radius 1 is 1.43 bits per heavy atom.